The van der Waals surface area contributed by atoms with Gasteiger partial charge in [0.25, 0.3) is 0 Å². The van der Waals surface area contributed by atoms with Crippen molar-refractivity contribution in [3.63, 3.8) is 0 Å². The van der Waals surface area contributed by atoms with Crippen LogP contribution in [0.25, 0.3) is 11.1 Å². The number of nitrogens with zero attached hydrogens (tertiary/aromatic N) is 1. The number of halogens is 3. The molecule has 0 radical (unpaired) electrons. The Bertz CT molecular complexity index is 1130. The quantitative estimate of drug-likeness (QED) is 0.484. The van der Waals surface area contributed by atoms with Gasteiger partial charge in [0.1, 0.15) is 5.75 Å². The molecule has 1 aromatic heterocycles. The van der Waals surface area contributed by atoms with Crippen molar-refractivity contribution < 1.29 is 32.2 Å². The zero-order valence-corrected chi connectivity index (χ0v) is 19.5. The third-order valence-electron chi connectivity index (χ3n) is 7.03. The first-order valence-electron chi connectivity index (χ1n) is 11.5. The molecule has 8 heteroatoms. The van der Waals surface area contributed by atoms with Crippen molar-refractivity contribution in [2.45, 2.75) is 43.8 Å². The summed E-state index contributed by atoms with van der Waals surface area (Å²) in [5, 5.41) is 7.12. The lowest BCUT2D eigenvalue weighted by molar-refractivity contribution is -0.192. The molecule has 186 valence electrons. The maximum Gasteiger partial charge on any atom is 0.490 e. The highest BCUT2D eigenvalue weighted by Gasteiger charge is 2.41. The second kappa shape index (κ2) is 10.2. The van der Waals surface area contributed by atoms with E-state index in [0.29, 0.717) is 5.41 Å². The first kappa shape index (κ1) is 24.9. The number of rotatable bonds is 4. The van der Waals surface area contributed by atoms with Crippen LogP contribution in [0.1, 0.15) is 36.0 Å². The SMILES string of the molecule is COc1ccc(CN2CCC3(CCc4ccc(-c5ccoc5)cc43)CC2)cc1.O=C(O)C(F)(F)F. The molecule has 0 saturated carbocycles. The van der Waals surface area contributed by atoms with E-state index in [1.165, 1.54) is 55.5 Å². The average Bonchev–Trinajstić information content (AvgIpc) is 3.50. The molecule has 1 fully saturated rings. The summed E-state index contributed by atoms with van der Waals surface area (Å²) in [4.78, 5) is 11.5. The average molecular weight is 488 g/mol. The predicted molar refractivity (Wildman–Crippen MR) is 125 cm³/mol. The Kier molecular flexibility index (Phi) is 7.21. The number of carboxylic acid groups (broad SMARTS) is 1. The number of aliphatic carboxylic acids is 1. The summed E-state index contributed by atoms with van der Waals surface area (Å²) in [7, 11) is 1.72. The summed E-state index contributed by atoms with van der Waals surface area (Å²) >= 11 is 0. The van der Waals surface area contributed by atoms with Gasteiger partial charge in [-0.05, 0) is 84.6 Å². The Morgan fingerprint density at radius 2 is 1.74 bits per heavy atom. The normalized spacial score (nSPS) is 16.9. The van der Waals surface area contributed by atoms with E-state index < -0.39 is 12.1 Å². The first-order chi connectivity index (χ1) is 16.7. The lowest BCUT2D eigenvalue weighted by atomic mass is 9.73. The number of ether oxygens (including phenoxy) is 1. The number of aryl methyl sites for hydroxylation is 1. The molecular formula is C27H28F3NO4. The number of carboxylic acids is 1. The maximum absolute atomic E-state index is 10.6. The molecule has 2 aliphatic rings. The number of hydrogen-bond acceptors (Lipinski definition) is 4. The van der Waals surface area contributed by atoms with E-state index in [2.05, 4.69) is 53.4 Å². The van der Waals surface area contributed by atoms with Gasteiger partial charge < -0.3 is 14.3 Å². The minimum absolute atomic E-state index is 0.367. The summed E-state index contributed by atoms with van der Waals surface area (Å²) < 4.78 is 42.3. The molecule has 0 bridgehead atoms. The predicted octanol–water partition coefficient (Wildman–Crippen LogP) is 6.07. The first-order valence-corrected chi connectivity index (χ1v) is 11.5. The highest BCUT2D eigenvalue weighted by Crippen LogP contribution is 2.47. The van der Waals surface area contributed by atoms with Gasteiger partial charge in [0.15, 0.2) is 0 Å². The van der Waals surface area contributed by atoms with Crippen molar-refractivity contribution in [3.8, 4) is 16.9 Å². The number of piperidine rings is 1. The van der Waals surface area contributed by atoms with Crippen LogP contribution in [0.3, 0.4) is 0 Å². The monoisotopic (exact) mass is 487 g/mol. The van der Waals surface area contributed by atoms with E-state index in [0.717, 1.165) is 12.3 Å². The van der Waals surface area contributed by atoms with Gasteiger partial charge in [-0.3, -0.25) is 4.90 Å². The van der Waals surface area contributed by atoms with E-state index >= 15 is 0 Å². The van der Waals surface area contributed by atoms with Crippen LogP contribution in [0.2, 0.25) is 0 Å². The van der Waals surface area contributed by atoms with Crippen LogP contribution in [0, 0.1) is 0 Å². The van der Waals surface area contributed by atoms with Gasteiger partial charge in [0, 0.05) is 12.1 Å². The fourth-order valence-electron chi connectivity index (χ4n) is 5.05. The van der Waals surface area contributed by atoms with E-state index in [9.17, 15) is 13.2 Å². The molecule has 35 heavy (non-hydrogen) atoms. The van der Waals surface area contributed by atoms with Crippen LogP contribution in [0.4, 0.5) is 13.2 Å². The van der Waals surface area contributed by atoms with Crippen molar-refractivity contribution in [1.82, 2.24) is 4.90 Å². The van der Waals surface area contributed by atoms with E-state index in [1.54, 1.807) is 24.5 Å². The zero-order chi connectivity index (χ0) is 25.1. The van der Waals surface area contributed by atoms with Gasteiger partial charge >= 0.3 is 12.1 Å². The summed E-state index contributed by atoms with van der Waals surface area (Å²) in [5.74, 6) is -1.83. The number of fused-ring (bicyclic) bond motifs is 2. The molecule has 3 aromatic rings. The van der Waals surface area contributed by atoms with Gasteiger partial charge in [0.05, 0.1) is 19.6 Å². The van der Waals surface area contributed by atoms with Crippen molar-refractivity contribution in [3.05, 3.63) is 77.7 Å². The molecule has 5 rings (SSSR count). The van der Waals surface area contributed by atoms with Crippen molar-refractivity contribution in [2.24, 2.45) is 0 Å². The van der Waals surface area contributed by atoms with Crippen LogP contribution in [0.5, 0.6) is 5.75 Å². The summed E-state index contributed by atoms with van der Waals surface area (Å²) in [6.07, 6.45) is 3.56. The summed E-state index contributed by atoms with van der Waals surface area (Å²) in [6.45, 7) is 3.37. The number of likely N-dealkylation sites (tertiary alicyclic amines) is 1. The van der Waals surface area contributed by atoms with Crippen molar-refractivity contribution in [1.29, 1.82) is 0 Å². The molecule has 1 aliphatic carbocycles. The molecule has 1 aliphatic heterocycles. The van der Waals surface area contributed by atoms with Crippen LogP contribution in [0.15, 0.2) is 65.5 Å². The molecule has 1 saturated heterocycles. The van der Waals surface area contributed by atoms with Crippen LogP contribution < -0.4 is 4.74 Å². The minimum Gasteiger partial charge on any atom is -0.497 e. The molecule has 5 nitrogen and oxygen atoms in total. The Balaban J connectivity index is 0.000000364. The van der Waals surface area contributed by atoms with E-state index in [4.69, 9.17) is 19.1 Å². The van der Waals surface area contributed by atoms with Crippen molar-refractivity contribution >= 4 is 5.97 Å². The van der Waals surface area contributed by atoms with Gasteiger partial charge in [0.2, 0.25) is 0 Å². The largest absolute Gasteiger partial charge is 0.497 e. The molecule has 2 aromatic carbocycles. The number of methoxy groups -OCH3 is 1. The van der Waals surface area contributed by atoms with Crippen LogP contribution in [-0.4, -0.2) is 42.4 Å². The third-order valence-corrected chi connectivity index (χ3v) is 7.03. The van der Waals surface area contributed by atoms with Gasteiger partial charge in [-0.2, -0.15) is 13.2 Å². The Morgan fingerprint density at radius 1 is 1.06 bits per heavy atom. The number of hydrogen-bond donors (Lipinski definition) is 1. The molecule has 1 spiro atoms. The second-order valence-electron chi connectivity index (χ2n) is 9.09. The topological polar surface area (TPSA) is 62.9 Å². The molecule has 0 atom stereocenters. The number of furan rings is 1. The second-order valence-corrected chi connectivity index (χ2v) is 9.09. The van der Waals surface area contributed by atoms with E-state index in [1.807, 2.05) is 6.26 Å². The lowest BCUT2D eigenvalue weighted by Gasteiger charge is -2.40. The van der Waals surface area contributed by atoms with Gasteiger partial charge in [-0.1, -0.05) is 30.3 Å². The van der Waals surface area contributed by atoms with Crippen molar-refractivity contribution in [2.75, 3.05) is 20.2 Å². The minimum atomic E-state index is -5.08. The highest BCUT2D eigenvalue weighted by molar-refractivity contribution is 5.73. The van der Waals surface area contributed by atoms with Gasteiger partial charge in [-0.25, -0.2) is 4.79 Å². The zero-order valence-electron chi connectivity index (χ0n) is 19.5. The molecule has 1 N–H and O–H groups in total. The van der Waals surface area contributed by atoms with Gasteiger partial charge in [-0.15, -0.1) is 0 Å². The fourth-order valence-corrected chi connectivity index (χ4v) is 5.05. The van der Waals surface area contributed by atoms with E-state index in [-0.39, 0.29) is 0 Å². The molecule has 2 heterocycles. The number of alkyl halides is 3. The maximum atomic E-state index is 10.6. The lowest BCUT2D eigenvalue weighted by Crippen LogP contribution is -2.41. The molecule has 0 unspecified atom stereocenters. The Morgan fingerprint density at radius 3 is 2.31 bits per heavy atom. The van der Waals surface area contributed by atoms with Crippen LogP contribution in [-0.2, 0) is 23.2 Å². The molecular weight excluding hydrogens is 459 g/mol. The number of carbonyl (C=O) groups is 1. The highest BCUT2D eigenvalue weighted by atomic mass is 19.4. The molecule has 0 amide bonds. The smallest absolute Gasteiger partial charge is 0.490 e. The summed E-state index contributed by atoms with van der Waals surface area (Å²) in [6, 6.07) is 17.6. The fraction of sp³-hybridized carbons (Fsp3) is 0.370. The Labute approximate surface area is 202 Å². The number of benzene rings is 2. The third kappa shape index (κ3) is 5.70. The summed E-state index contributed by atoms with van der Waals surface area (Å²) in [5.41, 5.74) is 7.35. The standard InChI is InChI=1S/C25H27NO2.C2HF3O2/c1-27-23-6-2-19(3-7-23)17-26-13-11-25(12-14-26)10-8-20-4-5-21(16-24(20)25)22-9-15-28-18-22;3-2(4,5)1(6)7/h2-7,9,15-16,18H,8,10-14,17H2,1H3;(H,6,7). The van der Waals surface area contributed by atoms with Crippen LogP contribution >= 0.6 is 0 Å². The Hall–Kier alpha value is -3.26.